The molecule has 145 heavy (non-hydrogen) atoms. The number of nitrogens with zero attached hydrogens (tertiary/aromatic N) is 6. The molecule has 0 unspecified atom stereocenters. The van der Waals surface area contributed by atoms with Gasteiger partial charge in [-0.05, 0) is 341 Å². The average molecular weight is 2100 g/mol. The third kappa shape index (κ3) is 27.8. The molecular weight excluding hydrogens is 1960 g/mol. The fourth-order valence-electron chi connectivity index (χ4n) is 19.9. The first-order valence-electron chi connectivity index (χ1n) is 49.6. The largest absolute Gasteiger partial charge is 0.504 e. The van der Waals surface area contributed by atoms with Gasteiger partial charge >= 0.3 is 0 Å². The van der Waals surface area contributed by atoms with Gasteiger partial charge in [0.05, 0.1) is 79.9 Å². The van der Waals surface area contributed by atoms with Crippen LogP contribution in [0, 0.1) is 11.6 Å². The number of aromatic hydroxyl groups is 3. The van der Waals surface area contributed by atoms with E-state index in [0.717, 1.165) is 216 Å². The predicted molar refractivity (Wildman–Crippen MR) is 573 cm³/mol. The normalized spacial score (nSPS) is 15.8. The first-order valence-corrected chi connectivity index (χ1v) is 51.9. The summed E-state index contributed by atoms with van der Waals surface area (Å²) in [6.07, 6.45) is 11.9. The Labute approximate surface area is 882 Å². The second-order valence-electron chi connectivity index (χ2n) is 38.7. The Morgan fingerprint density at radius 1 is 0.248 bits per heavy atom. The van der Waals surface area contributed by atoms with E-state index >= 15 is 0 Å². The smallest absolute Gasteiger partial charge is 0.231 e. The van der Waals surface area contributed by atoms with Crippen LogP contribution < -0.4 is 52.1 Å². The number of methoxy groups -OCH3 is 7. The summed E-state index contributed by atoms with van der Waals surface area (Å²) in [6.45, 7) is 24.7. The van der Waals surface area contributed by atoms with Crippen molar-refractivity contribution >= 4 is 69.6 Å². The van der Waals surface area contributed by atoms with Crippen LogP contribution in [-0.4, -0.2) is 144 Å². The monoisotopic (exact) mass is 2090 g/mol. The van der Waals surface area contributed by atoms with E-state index < -0.39 is 0 Å². The summed E-state index contributed by atoms with van der Waals surface area (Å²) in [7, 11) is 11.4. The van der Waals surface area contributed by atoms with Crippen molar-refractivity contribution in [2.45, 2.75) is 233 Å². The van der Waals surface area contributed by atoms with E-state index in [0.29, 0.717) is 110 Å². The minimum Gasteiger partial charge on any atom is -0.504 e. The minimum atomic E-state index is -0.0968. The molecule has 6 atom stereocenters. The number of phenols is 3. The fourth-order valence-corrected chi connectivity index (χ4v) is 20.8. The average Bonchev–Trinajstić information content (AvgIpc) is 1.64. The summed E-state index contributed by atoms with van der Waals surface area (Å²) in [4.78, 5) is 14.6. The van der Waals surface area contributed by atoms with Gasteiger partial charge in [0.2, 0.25) is 13.6 Å². The van der Waals surface area contributed by atoms with Crippen LogP contribution in [0.5, 0.6) is 80.5 Å². The lowest BCUT2D eigenvalue weighted by Gasteiger charge is -2.23. The van der Waals surface area contributed by atoms with Crippen molar-refractivity contribution in [2.75, 3.05) is 63.4 Å². The van der Waals surface area contributed by atoms with Gasteiger partial charge in [0.1, 0.15) is 11.6 Å². The first-order chi connectivity index (χ1) is 69.9. The molecular formula is C117H132Cl6F2N6O14. The Morgan fingerprint density at radius 2 is 0.455 bits per heavy atom. The zero-order chi connectivity index (χ0) is 103. The van der Waals surface area contributed by atoms with Gasteiger partial charge in [0.15, 0.2) is 80.5 Å². The molecule has 8 aliphatic rings. The van der Waals surface area contributed by atoms with Gasteiger partial charge in [0, 0.05) is 126 Å². The van der Waals surface area contributed by atoms with Crippen molar-refractivity contribution in [3.8, 4) is 80.5 Å². The Bertz CT molecular complexity index is 6350. The summed E-state index contributed by atoms with van der Waals surface area (Å²) in [5.41, 5.74) is 21.6. The van der Waals surface area contributed by atoms with Crippen molar-refractivity contribution in [3.63, 3.8) is 0 Å². The van der Waals surface area contributed by atoms with E-state index in [4.69, 9.17) is 122 Å². The van der Waals surface area contributed by atoms with Gasteiger partial charge in [-0.1, -0.05) is 130 Å². The van der Waals surface area contributed by atoms with Crippen molar-refractivity contribution < 1.29 is 76.2 Å². The fraction of sp³-hybridized carbons (Fsp3) is 0.385. The maximum atomic E-state index is 13.8. The molecule has 8 heterocycles. The van der Waals surface area contributed by atoms with Crippen LogP contribution in [-0.2, 0) is 117 Å². The van der Waals surface area contributed by atoms with E-state index in [1.54, 1.807) is 86.2 Å². The van der Waals surface area contributed by atoms with Crippen molar-refractivity contribution in [1.82, 2.24) is 29.4 Å². The summed E-state index contributed by atoms with van der Waals surface area (Å²) in [5, 5.41) is 32.7. The highest BCUT2D eigenvalue weighted by Crippen LogP contribution is 2.45. The van der Waals surface area contributed by atoms with Gasteiger partial charge in [-0.2, -0.15) is 0 Å². The number of phenolic OH excluding ortho intramolecular Hbond substituents is 3. The van der Waals surface area contributed by atoms with Gasteiger partial charge in [-0.25, -0.2) is 8.78 Å². The number of aryl methyl sites for hydroxylation is 6. The second kappa shape index (κ2) is 50.7. The lowest BCUT2D eigenvalue weighted by atomic mass is 10.0. The Hall–Kier alpha value is -10.8. The number of benzene rings is 12. The molecule has 8 aliphatic heterocycles. The molecule has 0 fully saturated rings. The summed E-state index contributed by atoms with van der Waals surface area (Å²) >= 11 is 36.2. The van der Waals surface area contributed by atoms with Crippen LogP contribution in [0.25, 0.3) is 0 Å². The van der Waals surface area contributed by atoms with Crippen LogP contribution in [0.1, 0.15) is 180 Å². The topological polar surface area (TPSA) is 182 Å². The maximum absolute atomic E-state index is 13.8. The molecule has 0 aliphatic carbocycles. The molecule has 3 N–H and O–H groups in total. The summed E-state index contributed by atoms with van der Waals surface area (Å²) in [5.74, 6) is 8.57. The van der Waals surface area contributed by atoms with Crippen molar-refractivity contribution in [1.29, 1.82) is 0 Å². The zero-order valence-corrected chi connectivity index (χ0v) is 89.4. The number of rotatable bonds is 31. The van der Waals surface area contributed by atoms with E-state index in [9.17, 15) is 24.1 Å². The van der Waals surface area contributed by atoms with Crippen molar-refractivity contribution in [2.24, 2.45) is 0 Å². The molecule has 0 saturated heterocycles. The molecule has 12 aromatic rings. The molecule has 0 spiro atoms. The van der Waals surface area contributed by atoms with E-state index in [1.807, 2.05) is 91.0 Å². The van der Waals surface area contributed by atoms with Crippen LogP contribution in [0.3, 0.4) is 0 Å². The molecule has 770 valence electrons. The van der Waals surface area contributed by atoms with Crippen LogP contribution in [0.4, 0.5) is 8.78 Å². The summed E-state index contributed by atoms with van der Waals surface area (Å²) < 4.78 is 86.8. The first kappa shape index (κ1) is 108. The predicted octanol–water partition coefficient (Wildman–Crippen LogP) is 27.0. The Balaban J connectivity index is 0.000000131. The Kier molecular flexibility index (Phi) is 37.9. The molecule has 0 radical (unpaired) electrons. The third-order valence-electron chi connectivity index (χ3n) is 29.2. The van der Waals surface area contributed by atoms with E-state index in [2.05, 4.69) is 132 Å². The molecule has 0 aromatic heterocycles. The van der Waals surface area contributed by atoms with E-state index in [-0.39, 0.29) is 28.9 Å². The number of fused-ring (bicyclic) bond motifs is 8. The van der Waals surface area contributed by atoms with E-state index in [1.165, 1.54) is 78.4 Å². The molecule has 0 saturated carbocycles. The Morgan fingerprint density at radius 3 is 0.676 bits per heavy atom. The maximum Gasteiger partial charge on any atom is 0.231 e. The van der Waals surface area contributed by atoms with Gasteiger partial charge < -0.3 is 67.4 Å². The number of ether oxygens (including phenoxy) is 11. The number of halogens is 8. The third-order valence-corrected chi connectivity index (χ3v) is 31.4. The highest BCUT2D eigenvalue weighted by Gasteiger charge is 2.34. The minimum absolute atomic E-state index is 0.0864. The van der Waals surface area contributed by atoms with Gasteiger partial charge in [-0.3, -0.25) is 29.4 Å². The number of hydrogen-bond acceptors (Lipinski definition) is 20. The molecule has 20 nitrogen and oxygen atoms in total. The van der Waals surface area contributed by atoms with Crippen LogP contribution >= 0.6 is 69.6 Å². The van der Waals surface area contributed by atoms with Crippen molar-refractivity contribution in [3.05, 3.63) is 336 Å². The molecule has 20 rings (SSSR count). The molecule has 0 amide bonds. The quantitative estimate of drug-likeness (QED) is 0.0373. The zero-order valence-electron chi connectivity index (χ0n) is 84.9. The van der Waals surface area contributed by atoms with Gasteiger partial charge in [-0.15, -0.1) is 0 Å². The van der Waals surface area contributed by atoms with Crippen LogP contribution in [0.2, 0.25) is 30.1 Å². The lowest BCUT2D eigenvalue weighted by molar-refractivity contribution is 0.173. The standard InChI is InChI=1S/C21H27NO4.C20H23Cl2NO2.C20H23NO4.C19H19Cl2NO2.C19H22FNO2.C18H18Cl2FN/c1-14(5-6-15-7-8-18(23)19(9-15)24-2)22-12-16-10-20(25-3)21(26-4)11-17(16)13-22;1-13(4-5-14-6-7-17(21)18(22)8-14)23-11-15-9-19(24-2)20(25-3)10-16(15)12-23;1-13(3-4-14-5-6-17(22)18(7-14)23-2)21-10-15-8-19-20(25-12-24-19)9-16(15)11-21;1-12(2-3-13-4-5-16(20)17(21)6-13)22-9-14-7-18-19(24-11-23-18)8-15(14)10-22;1-13(6-7-14-8-9-18(22)19(10-14)23-2)21-11-15-4-3-5-17(20)16(15)12-21;1-12(5-6-13-7-8-16(19)17(20)9-13)22-10-14-3-2-4-18(21)15(14)11-22/h7-11,14,23H,5-6,12-13H2,1-4H3;6-10,13H,4-5,11-12H2,1-3H3;5-9,13,22H,3-4,10-12H2,1-2H3;4-8,12H,2-3,9-11H2,1H3;3-5,8-10,13,22H,6-7,11-12H2,1-2H3;2-4,7-9,12H,5-6,10-11H2,1H3/t14-;2*13-;12-;13-;12-/m111111/s1. The SMILES string of the molecule is COc1cc(CC[C@@H](C)N2Cc3cc(OC)c(OC)cc3C2)ccc1O.COc1cc(CC[C@@H](C)N2Cc3cc4c(cc3C2)OCO4)ccc1O.COc1cc(CC[C@@H](C)N2Cc3cccc(F)c3C2)ccc1O.COc1cc2c(cc1OC)CN([C@H](C)CCc1ccc(Cl)c(Cl)c1)C2.C[C@H](CCc1ccc(Cl)c(Cl)c1)N1Cc2cc3c(cc2C1)OCO3.C[C@H](CCc1ccc(Cl)c(Cl)c1)N1Cc2cccc(F)c2C1. The number of hydrogen-bond donors (Lipinski definition) is 3. The summed E-state index contributed by atoms with van der Waals surface area (Å²) in [6, 6.07) is 64.3. The lowest BCUT2D eigenvalue weighted by Crippen LogP contribution is -2.28. The van der Waals surface area contributed by atoms with Gasteiger partial charge in [0.25, 0.3) is 0 Å². The highest BCUT2D eigenvalue weighted by molar-refractivity contribution is 6.43. The highest BCUT2D eigenvalue weighted by atomic mass is 35.5. The molecule has 0 bridgehead atoms. The second-order valence-corrected chi connectivity index (χ2v) is 41.1. The molecule has 28 heteroatoms. The molecule has 12 aromatic carbocycles. The van der Waals surface area contributed by atoms with Crippen LogP contribution in [0.15, 0.2) is 194 Å².